The van der Waals surface area contributed by atoms with Crippen molar-refractivity contribution in [2.24, 2.45) is 5.92 Å². The van der Waals surface area contributed by atoms with Gasteiger partial charge in [-0.2, -0.15) is 0 Å². The number of hydrogen-bond acceptors (Lipinski definition) is 3. The van der Waals surface area contributed by atoms with E-state index in [0.717, 1.165) is 26.2 Å². The van der Waals surface area contributed by atoms with Gasteiger partial charge in [-0.15, -0.1) is 0 Å². The molecule has 0 aromatic rings. The Kier molecular flexibility index (Phi) is 9.05. The largest absolute Gasteiger partial charge is 0.309 e. The van der Waals surface area contributed by atoms with Gasteiger partial charge in [-0.1, -0.05) is 25.5 Å². The molecule has 0 aromatic carbocycles. The van der Waals surface area contributed by atoms with Gasteiger partial charge >= 0.3 is 0 Å². The van der Waals surface area contributed by atoms with Crippen molar-refractivity contribution < 1.29 is 0 Å². The summed E-state index contributed by atoms with van der Waals surface area (Å²) in [6, 6.07) is 1.16. The number of nitrogens with one attached hydrogen (secondary N) is 1. The smallest absolute Gasteiger partial charge is 0.0319 e. The van der Waals surface area contributed by atoms with E-state index in [2.05, 4.69) is 90.7 Å². The summed E-state index contributed by atoms with van der Waals surface area (Å²) in [4.78, 5) is 2.65. The molecule has 1 aliphatic rings. The Morgan fingerprint density at radius 2 is 2.00 bits per heavy atom. The number of hydrogen-bond donors (Lipinski definition) is 1. The summed E-state index contributed by atoms with van der Waals surface area (Å²) in [5, 5.41) is 3.61. The minimum atomic E-state index is 0.234. The second kappa shape index (κ2) is 9.73. The zero-order chi connectivity index (χ0) is 17.6. The highest BCUT2D eigenvalue weighted by Crippen LogP contribution is 2.21. The second-order valence-corrected chi connectivity index (χ2v) is 9.33. The van der Waals surface area contributed by atoms with Crippen LogP contribution in [-0.4, -0.2) is 51.8 Å². The molecule has 0 radical (unpaired) electrons. The van der Waals surface area contributed by atoms with Gasteiger partial charge in [-0.25, -0.2) is 3.11 Å². The van der Waals surface area contributed by atoms with E-state index in [1.807, 2.05) is 0 Å². The van der Waals surface area contributed by atoms with E-state index in [-0.39, 0.29) is 5.54 Å². The summed E-state index contributed by atoms with van der Waals surface area (Å²) in [5.74, 6) is 0.711. The summed E-state index contributed by atoms with van der Waals surface area (Å²) >= 11 is 2.54. The van der Waals surface area contributed by atoms with Gasteiger partial charge in [0, 0.05) is 66.7 Å². The Morgan fingerprint density at radius 1 is 1.35 bits per heavy atom. The van der Waals surface area contributed by atoms with E-state index < -0.39 is 0 Å². The maximum absolute atomic E-state index is 3.61. The third-order valence-corrected chi connectivity index (χ3v) is 6.50. The van der Waals surface area contributed by atoms with Crippen LogP contribution in [0.2, 0.25) is 0 Å². The van der Waals surface area contributed by atoms with Crippen molar-refractivity contribution in [1.82, 2.24) is 13.3 Å². The first-order valence-corrected chi connectivity index (χ1v) is 10.2. The van der Waals surface area contributed by atoms with E-state index in [1.54, 1.807) is 0 Å². The molecule has 1 fully saturated rings. The molecule has 1 N–H and O–H groups in total. The zero-order valence-electron chi connectivity index (χ0n) is 16.3. The predicted octanol–water partition coefficient (Wildman–Crippen LogP) is 4.48. The molecule has 0 amide bonds. The Morgan fingerprint density at radius 3 is 2.57 bits per heavy atom. The summed E-state index contributed by atoms with van der Waals surface area (Å²) < 4.78 is 2.53. The van der Waals surface area contributed by atoms with Crippen LogP contribution >= 0.6 is 22.9 Å². The zero-order valence-corrected chi connectivity index (χ0v) is 18.5. The van der Waals surface area contributed by atoms with Gasteiger partial charge in [0.2, 0.25) is 0 Å². The van der Waals surface area contributed by atoms with Crippen LogP contribution in [0.4, 0.5) is 0 Å². The van der Waals surface area contributed by atoms with E-state index in [4.69, 9.17) is 0 Å². The molecule has 3 nitrogen and oxygen atoms in total. The Bertz CT molecular complexity index is 381. The number of allylic oxidation sites excluding steroid dienone is 2. The molecule has 0 aromatic heterocycles. The number of halogens is 1. The molecule has 3 atom stereocenters. The van der Waals surface area contributed by atoms with Crippen LogP contribution in [0.5, 0.6) is 0 Å². The SMILES string of the molecule is CC/C(C)=C\C[C@@H](C)CN(I)[C@H](C)[C@@H](C)N1CCNC(C)(C)C1. The van der Waals surface area contributed by atoms with E-state index in [1.165, 1.54) is 18.4 Å². The fourth-order valence-electron chi connectivity index (χ4n) is 3.15. The van der Waals surface area contributed by atoms with Crippen molar-refractivity contribution in [1.29, 1.82) is 0 Å². The molecule has 0 unspecified atom stereocenters. The van der Waals surface area contributed by atoms with Gasteiger partial charge in [0.05, 0.1) is 0 Å². The molecule has 0 saturated carbocycles. The van der Waals surface area contributed by atoms with Crippen molar-refractivity contribution in [2.45, 2.75) is 78.9 Å². The molecule has 1 heterocycles. The predicted molar refractivity (Wildman–Crippen MR) is 111 cm³/mol. The first-order valence-electron chi connectivity index (χ1n) is 9.23. The number of rotatable bonds is 8. The minimum Gasteiger partial charge on any atom is -0.309 e. The van der Waals surface area contributed by atoms with Crippen LogP contribution in [0.1, 0.15) is 61.3 Å². The van der Waals surface area contributed by atoms with Crippen LogP contribution in [0.25, 0.3) is 0 Å². The van der Waals surface area contributed by atoms with Crippen LogP contribution in [-0.2, 0) is 0 Å². The quantitative estimate of drug-likeness (QED) is 0.345. The Balaban J connectivity index is 2.50. The van der Waals surface area contributed by atoms with Gasteiger partial charge < -0.3 is 5.32 Å². The number of nitrogens with zero attached hydrogens (tertiary/aromatic N) is 2. The number of piperazine rings is 1. The van der Waals surface area contributed by atoms with Crippen molar-refractivity contribution in [3.63, 3.8) is 0 Å². The lowest BCUT2D eigenvalue weighted by Crippen LogP contribution is -2.61. The van der Waals surface area contributed by atoms with Gasteiger partial charge in [-0.05, 0) is 53.4 Å². The molecule has 4 heteroatoms. The van der Waals surface area contributed by atoms with Crippen molar-refractivity contribution in [3.05, 3.63) is 11.6 Å². The standard InChI is InChI=1S/C19H38IN3/c1-8-15(2)9-10-16(3)13-23(20)18(5)17(4)22-12-11-21-19(6,7)14-22/h9,16-18,21H,8,10-14H2,1-7H3/b15-9-/t16-,17-,18-/m1/s1. The summed E-state index contributed by atoms with van der Waals surface area (Å²) in [6.07, 6.45) is 4.79. The van der Waals surface area contributed by atoms with Crippen LogP contribution in [0.15, 0.2) is 11.6 Å². The molecule has 1 aliphatic heterocycles. The first kappa shape index (κ1) is 21.4. The maximum Gasteiger partial charge on any atom is 0.0319 e. The highest BCUT2D eigenvalue weighted by atomic mass is 127. The average molecular weight is 435 g/mol. The highest BCUT2D eigenvalue weighted by molar-refractivity contribution is 14.1. The van der Waals surface area contributed by atoms with E-state index in [0.29, 0.717) is 18.0 Å². The van der Waals surface area contributed by atoms with Gasteiger partial charge in [-0.3, -0.25) is 4.90 Å². The van der Waals surface area contributed by atoms with Crippen LogP contribution in [0.3, 0.4) is 0 Å². The summed E-state index contributed by atoms with van der Waals surface area (Å²) in [6.45, 7) is 20.8. The first-order chi connectivity index (χ1) is 10.7. The fourth-order valence-corrected chi connectivity index (χ4v) is 4.29. The van der Waals surface area contributed by atoms with Crippen molar-refractivity contribution in [3.8, 4) is 0 Å². The van der Waals surface area contributed by atoms with Gasteiger partial charge in [0.25, 0.3) is 0 Å². The topological polar surface area (TPSA) is 18.5 Å². The van der Waals surface area contributed by atoms with E-state index >= 15 is 0 Å². The molecule has 1 saturated heterocycles. The summed E-state index contributed by atoms with van der Waals surface area (Å²) in [5.41, 5.74) is 1.75. The van der Waals surface area contributed by atoms with Crippen molar-refractivity contribution >= 4 is 22.9 Å². The molecule has 0 spiro atoms. The van der Waals surface area contributed by atoms with Crippen LogP contribution < -0.4 is 5.32 Å². The Labute approximate surface area is 158 Å². The molecule has 0 aliphatic carbocycles. The molecule has 1 rings (SSSR count). The molecular weight excluding hydrogens is 397 g/mol. The maximum atomic E-state index is 3.61. The lowest BCUT2D eigenvalue weighted by molar-refractivity contribution is 0.0854. The Hall–Kier alpha value is 0.350. The third kappa shape index (κ3) is 7.41. The molecular formula is C19H38IN3. The minimum absolute atomic E-state index is 0.234. The average Bonchev–Trinajstić information content (AvgIpc) is 2.49. The van der Waals surface area contributed by atoms with Crippen LogP contribution in [0, 0.1) is 5.92 Å². The summed E-state index contributed by atoms with van der Waals surface area (Å²) in [7, 11) is 0. The van der Waals surface area contributed by atoms with Crippen molar-refractivity contribution in [2.75, 3.05) is 26.2 Å². The van der Waals surface area contributed by atoms with Gasteiger partial charge in [0.1, 0.15) is 0 Å². The van der Waals surface area contributed by atoms with E-state index in [9.17, 15) is 0 Å². The third-order valence-electron chi connectivity index (χ3n) is 5.23. The lowest BCUT2D eigenvalue weighted by Gasteiger charge is -2.45. The monoisotopic (exact) mass is 435 g/mol. The highest BCUT2D eigenvalue weighted by Gasteiger charge is 2.32. The molecule has 136 valence electrons. The molecule has 23 heavy (non-hydrogen) atoms. The fraction of sp³-hybridized carbons (Fsp3) is 0.895. The van der Waals surface area contributed by atoms with Gasteiger partial charge in [0.15, 0.2) is 0 Å². The normalized spacial score (nSPS) is 23.8. The molecule has 0 bridgehead atoms. The second-order valence-electron chi connectivity index (χ2n) is 8.09. The lowest BCUT2D eigenvalue weighted by atomic mass is 9.98.